The fraction of sp³-hybridized carbons (Fsp3) is 0.118. The van der Waals surface area contributed by atoms with Crippen molar-refractivity contribution in [1.82, 2.24) is 9.13 Å². The minimum atomic E-state index is -0.625. The Bertz CT molecular complexity index is 1080. The number of halogens is 1. The molecular weight excluding hydrogens is 330 g/mol. The third kappa shape index (κ3) is 2.61. The molecule has 1 amide bonds. The molecule has 0 spiro atoms. The Morgan fingerprint density at radius 1 is 0.958 bits per heavy atom. The van der Waals surface area contributed by atoms with Gasteiger partial charge in [-0.3, -0.25) is 14.4 Å². The number of carbonyl (C=O) groups excluding carboxylic acids is 1. The van der Waals surface area contributed by atoms with Crippen LogP contribution in [0.4, 0.5) is 5.69 Å². The van der Waals surface area contributed by atoms with Crippen LogP contribution in [0.5, 0.6) is 0 Å². The lowest BCUT2D eigenvalue weighted by Crippen LogP contribution is -2.39. The number of nitrogens with one attached hydrogen (secondary N) is 1. The highest BCUT2D eigenvalue weighted by atomic mass is 35.5. The molecule has 0 fully saturated rings. The molecule has 0 aliphatic rings. The van der Waals surface area contributed by atoms with Crippen LogP contribution in [-0.2, 0) is 14.1 Å². The van der Waals surface area contributed by atoms with Crippen molar-refractivity contribution < 1.29 is 4.79 Å². The minimum absolute atomic E-state index is 0.352. The highest BCUT2D eigenvalue weighted by Gasteiger charge is 2.12. The smallest absolute Gasteiger partial charge is 0.316 e. The quantitative estimate of drug-likeness (QED) is 0.724. The molecule has 3 aromatic rings. The van der Waals surface area contributed by atoms with E-state index in [9.17, 15) is 14.4 Å². The highest BCUT2D eigenvalue weighted by molar-refractivity contribution is 6.34. The molecule has 0 saturated carbocycles. The number of anilines is 1. The van der Waals surface area contributed by atoms with Crippen LogP contribution in [0.1, 0.15) is 10.4 Å². The molecule has 6 nitrogen and oxygen atoms in total. The molecule has 24 heavy (non-hydrogen) atoms. The van der Waals surface area contributed by atoms with Crippen LogP contribution in [0.15, 0.2) is 52.1 Å². The summed E-state index contributed by atoms with van der Waals surface area (Å²) in [5.74, 6) is -0.352. The predicted molar refractivity (Wildman–Crippen MR) is 93.8 cm³/mol. The molecule has 1 aromatic heterocycles. The van der Waals surface area contributed by atoms with Gasteiger partial charge in [0.1, 0.15) is 0 Å². The SMILES string of the molecule is Cn1c(=O)c(=O)n(C)c2cc(NC(=O)c3ccccc3Cl)ccc21. The van der Waals surface area contributed by atoms with Gasteiger partial charge in [0, 0.05) is 19.8 Å². The van der Waals surface area contributed by atoms with E-state index in [4.69, 9.17) is 11.6 Å². The fourth-order valence-electron chi connectivity index (χ4n) is 2.50. The Morgan fingerprint density at radius 3 is 2.25 bits per heavy atom. The zero-order chi connectivity index (χ0) is 17.4. The first-order chi connectivity index (χ1) is 11.4. The number of benzene rings is 2. The van der Waals surface area contributed by atoms with Crippen LogP contribution in [0, 0.1) is 0 Å². The second-order valence-electron chi connectivity index (χ2n) is 5.37. The van der Waals surface area contributed by atoms with Gasteiger partial charge >= 0.3 is 11.1 Å². The number of hydrogen-bond donors (Lipinski definition) is 1. The van der Waals surface area contributed by atoms with E-state index in [0.717, 1.165) is 0 Å². The van der Waals surface area contributed by atoms with Crippen LogP contribution in [0.25, 0.3) is 11.0 Å². The molecule has 0 aliphatic heterocycles. The first-order valence-corrected chi connectivity index (χ1v) is 7.53. The third-order valence-corrected chi connectivity index (χ3v) is 4.20. The molecule has 3 rings (SSSR count). The van der Waals surface area contributed by atoms with Gasteiger partial charge in [0.15, 0.2) is 0 Å². The summed E-state index contributed by atoms with van der Waals surface area (Å²) in [7, 11) is 3.06. The van der Waals surface area contributed by atoms with Crippen LogP contribution in [-0.4, -0.2) is 15.0 Å². The van der Waals surface area contributed by atoms with E-state index in [-0.39, 0.29) is 5.91 Å². The predicted octanol–water partition coefficient (Wildman–Crippen LogP) is 2.14. The summed E-state index contributed by atoms with van der Waals surface area (Å²) in [5.41, 5.74) is 0.768. The maximum absolute atomic E-state index is 12.3. The molecule has 0 atom stereocenters. The largest absolute Gasteiger partial charge is 0.322 e. The number of hydrogen-bond acceptors (Lipinski definition) is 3. The lowest BCUT2D eigenvalue weighted by atomic mass is 10.2. The molecule has 0 saturated heterocycles. The fourth-order valence-corrected chi connectivity index (χ4v) is 2.72. The summed E-state index contributed by atoms with van der Waals surface area (Å²) in [4.78, 5) is 36.1. The maximum atomic E-state index is 12.3. The van der Waals surface area contributed by atoms with E-state index >= 15 is 0 Å². The Kier molecular flexibility index (Phi) is 3.99. The van der Waals surface area contributed by atoms with Crippen molar-refractivity contribution in [1.29, 1.82) is 0 Å². The number of fused-ring (bicyclic) bond motifs is 1. The first kappa shape index (κ1) is 16.0. The highest BCUT2D eigenvalue weighted by Crippen LogP contribution is 2.20. The Morgan fingerprint density at radius 2 is 1.58 bits per heavy atom. The van der Waals surface area contributed by atoms with E-state index in [1.807, 2.05) is 0 Å². The van der Waals surface area contributed by atoms with Crippen LogP contribution < -0.4 is 16.4 Å². The van der Waals surface area contributed by atoms with Gasteiger partial charge in [0.05, 0.1) is 21.6 Å². The average molecular weight is 344 g/mol. The number of carbonyl (C=O) groups is 1. The molecule has 2 aromatic carbocycles. The van der Waals surface area contributed by atoms with E-state index in [0.29, 0.717) is 27.3 Å². The third-order valence-electron chi connectivity index (χ3n) is 3.87. The average Bonchev–Trinajstić information content (AvgIpc) is 2.58. The standard InChI is InChI=1S/C17H14ClN3O3/c1-20-13-8-7-10(9-14(13)21(2)17(24)16(20)23)19-15(22)11-5-3-4-6-12(11)18/h3-9H,1-2H3,(H,19,22). The van der Waals surface area contributed by atoms with E-state index in [1.165, 1.54) is 23.2 Å². The van der Waals surface area contributed by atoms with Crippen molar-refractivity contribution in [3.8, 4) is 0 Å². The first-order valence-electron chi connectivity index (χ1n) is 7.16. The van der Waals surface area contributed by atoms with E-state index in [1.54, 1.807) is 42.5 Å². The summed E-state index contributed by atoms with van der Waals surface area (Å²) < 4.78 is 2.56. The van der Waals surface area contributed by atoms with Crippen LogP contribution in [0.3, 0.4) is 0 Å². The molecule has 7 heteroatoms. The number of aryl methyl sites for hydroxylation is 2. The monoisotopic (exact) mass is 343 g/mol. The normalized spacial score (nSPS) is 10.8. The number of nitrogens with zero attached hydrogens (tertiary/aromatic N) is 2. The summed E-state index contributed by atoms with van der Waals surface area (Å²) in [6.45, 7) is 0. The minimum Gasteiger partial charge on any atom is -0.322 e. The molecule has 1 heterocycles. The van der Waals surface area contributed by atoms with Gasteiger partial charge in [0.25, 0.3) is 5.91 Å². The van der Waals surface area contributed by atoms with Crippen molar-refractivity contribution in [2.45, 2.75) is 0 Å². The summed E-state index contributed by atoms with van der Waals surface area (Å²) in [6.07, 6.45) is 0. The van der Waals surface area contributed by atoms with Gasteiger partial charge < -0.3 is 14.5 Å². The van der Waals surface area contributed by atoms with Crippen molar-refractivity contribution in [3.63, 3.8) is 0 Å². The molecule has 0 unspecified atom stereocenters. The van der Waals surface area contributed by atoms with Crippen LogP contribution >= 0.6 is 11.6 Å². The van der Waals surface area contributed by atoms with E-state index in [2.05, 4.69) is 5.32 Å². The number of aromatic nitrogens is 2. The van der Waals surface area contributed by atoms with Crippen molar-refractivity contribution in [2.75, 3.05) is 5.32 Å². The van der Waals surface area contributed by atoms with Crippen molar-refractivity contribution in [3.05, 3.63) is 73.8 Å². The Labute approximate surface area is 141 Å². The lowest BCUT2D eigenvalue weighted by molar-refractivity contribution is 0.102. The van der Waals surface area contributed by atoms with Crippen molar-refractivity contribution >= 4 is 34.2 Å². The summed E-state index contributed by atoms with van der Waals surface area (Å²) >= 11 is 6.02. The molecular formula is C17H14ClN3O3. The van der Waals surface area contributed by atoms with Gasteiger partial charge in [-0.25, -0.2) is 0 Å². The molecule has 1 N–H and O–H groups in total. The number of amides is 1. The van der Waals surface area contributed by atoms with Crippen LogP contribution in [0.2, 0.25) is 5.02 Å². The molecule has 0 aliphatic carbocycles. The van der Waals surface area contributed by atoms with Gasteiger partial charge in [-0.2, -0.15) is 0 Å². The van der Waals surface area contributed by atoms with Gasteiger partial charge in [0.2, 0.25) is 0 Å². The van der Waals surface area contributed by atoms with Gasteiger partial charge in [-0.05, 0) is 30.3 Å². The van der Waals surface area contributed by atoms with Gasteiger partial charge in [-0.15, -0.1) is 0 Å². The maximum Gasteiger partial charge on any atom is 0.316 e. The second kappa shape index (κ2) is 5.98. The second-order valence-corrected chi connectivity index (χ2v) is 5.77. The molecule has 122 valence electrons. The van der Waals surface area contributed by atoms with Gasteiger partial charge in [-0.1, -0.05) is 23.7 Å². The molecule has 0 radical (unpaired) electrons. The van der Waals surface area contributed by atoms with E-state index < -0.39 is 11.1 Å². The van der Waals surface area contributed by atoms with Crippen molar-refractivity contribution in [2.24, 2.45) is 14.1 Å². The zero-order valence-electron chi connectivity index (χ0n) is 13.0. The lowest BCUT2D eigenvalue weighted by Gasteiger charge is -2.11. The Balaban J connectivity index is 2.06. The Hall–Kier alpha value is -2.86. The number of rotatable bonds is 2. The topological polar surface area (TPSA) is 73.1 Å². The molecule has 0 bridgehead atoms. The summed E-state index contributed by atoms with van der Waals surface area (Å²) in [6, 6.07) is 11.7. The zero-order valence-corrected chi connectivity index (χ0v) is 13.8. The summed E-state index contributed by atoms with van der Waals surface area (Å²) in [5, 5.41) is 3.10.